The second-order valence-corrected chi connectivity index (χ2v) is 10.4. The molecule has 0 radical (unpaired) electrons. The molecule has 0 bridgehead atoms. The van der Waals surface area contributed by atoms with Crippen molar-refractivity contribution >= 4 is 5.91 Å². The number of aryl methyl sites for hydroxylation is 2. The van der Waals surface area contributed by atoms with E-state index < -0.39 is 0 Å². The van der Waals surface area contributed by atoms with Crippen molar-refractivity contribution in [1.82, 2.24) is 24.8 Å². The van der Waals surface area contributed by atoms with Crippen LogP contribution in [0.2, 0.25) is 0 Å². The van der Waals surface area contributed by atoms with Crippen LogP contribution in [0.1, 0.15) is 54.2 Å². The molecular weight excluding hydrogens is 436 g/mol. The number of imidazole rings is 1. The normalized spacial score (nSPS) is 21.0. The van der Waals surface area contributed by atoms with Gasteiger partial charge in [-0.05, 0) is 86.4 Å². The van der Waals surface area contributed by atoms with E-state index in [1.807, 2.05) is 49.1 Å². The van der Waals surface area contributed by atoms with E-state index in [1.165, 1.54) is 19.3 Å². The van der Waals surface area contributed by atoms with Gasteiger partial charge in [-0.2, -0.15) is 0 Å². The number of aromatic nitrogens is 3. The zero-order chi connectivity index (χ0) is 24.5. The highest BCUT2D eigenvalue weighted by Crippen LogP contribution is 2.36. The number of carbonyl (C=O) groups excluding carboxylic acids is 1. The maximum Gasteiger partial charge on any atom is 0.251 e. The van der Waals surface area contributed by atoms with Crippen molar-refractivity contribution in [1.29, 1.82) is 5.41 Å². The molecular formula is C28H36N6O. The zero-order valence-corrected chi connectivity index (χ0v) is 20.9. The lowest BCUT2D eigenvalue weighted by atomic mass is 9.88. The molecule has 2 aromatic heterocycles. The van der Waals surface area contributed by atoms with Gasteiger partial charge in [0, 0.05) is 54.5 Å². The average molecular weight is 473 g/mol. The molecule has 1 amide bonds. The van der Waals surface area contributed by atoms with Crippen LogP contribution in [0.5, 0.6) is 0 Å². The van der Waals surface area contributed by atoms with Gasteiger partial charge in [0.1, 0.15) is 0 Å². The molecule has 7 nitrogen and oxygen atoms in total. The van der Waals surface area contributed by atoms with E-state index in [0.29, 0.717) is 35.6 Å². The van der Waals surface area contributed by atoms with Crippen LogP contribution in [-0.4, -0.2) is 38.7 Å². The van der Waals surface area contributed by atoms with E-state index in [4.69, 9.17) is 5.41 Å². The molecule has 1 saturated heterocycles. The highest BCUT2D eigenvalue weighted by Gasteiger charge is 2.39. The minimum Gasteiger partial charge on any atom is -0.347 e. The molecule has 5 rings (SSSR count). The molecule has 3 unspecified atom stereocenters. The van der Waals surface area contributed by atoms with Crippen LogP contribution in [0, 0.1) is 24.2 Å². The molecule has 2 aliphatic rings. The maximum atomic E-state index is 13.7. The van der Waals surface area contributed by atoms with Crippen LogP contribution in [0.4, 0.5) is 0 Å². The molecule has 35 heavy (non-hydrogen) atoms. The molecule has 2 fully saturated rings. The summed E-state index contributed by atoms with van der Waals surface area (Å²) in [6, 6.07) is 10.6. The summed E-state index contributed by atoms with van der Waals surface area (Å²) in [5.41, 5.74) is 5.01. The van der Waals surface area contributed by atoms with Crippen molar-refractivity contribution in [3.05, 3.63) is 71.4 Å². The van der Waals surface area contributed by atoms with Gasteiger partial charge < -0.3 is 19.8 Å². The summed E-state index contributed by atoms with van der Waals surface area (Å²) < 4.78 is 3.67. The smallest absolute Gasteiger partial charge is 0.251 e. The Hall–Kier alpha value is -3.19. The molecule has 1 aliphatic carbocycles. The fourth-order valence-corrected chi connectivity index (χ4v) is 5.37. The van der Waals surface area contributed by atoms with E-state index in [0.717, 1.165) is 35.3 Å². The van der Waals surface area contributed by atoms with Crippen LogP contribution in [0.15, 0.2) is 48.9 Å². The second-order valence-electron chi connectivity index (χ2n) is 10.4. The molecule has 184 valence electrons. The van der Waals surface area contributed by atoms with Gasteiger partial charge in [0.05, 0.1) is 6.54 Å². The summed E-state index contributed by atoms with van der Waals surface area (Å²) >= 11 is 0. The fraction of sp³-hybridized carbons (Fsp3) is 0.464. The Kier molecular flexibility index (Phi) is 6.60. The number of amides is 1. The first kappa shape index (κ1) is 23.5. The molecule has 7 heteroatoms. The van der Waals surface area contributed by atoms with Gasteiger partial charge >= 0.3 is 0 Å². The minimum absolute atomic E-state index is 0.0178. The number of pyridine rings is 1. The Morgan fingerprint density at radius 2 is 2.09 bits per heavy atom. The first-order valence-corrected chi connectivity index (χ1v) is 12.8. The van der Waals surface area contributed by atoms with Crippen LogP contribution >= 0.6 is 0 Å². The van der Waals surface area contributed by atoms with E-state index in [9.17, 15) is 4.79 Å². The molecule has 3 aromatic rings. The number of piperidine rings is 1. The summed E-state index contributed by atoms with van der Waals surface area (Å²) in [4.78, 5) is 18.1. The third kappa shape index (κ3) is 5.25. The van der Waals surface area contributed by atoms with Gasteiger partial charge in [0.15, 0.2) is 0 Å². The van der Waals surface area contributed by atoms with E-state index in [1.54, 1.807) is 10.8 Å². The summed E-state index contributed by atoms with van der Waals surface area (Å²) in [7, 11) is 1.87. The van der Waals surface area contributed by atoms with Crippen molar-refractivity contribution < 1.29 is 4.79 Å². The maximum absolute atomic E-state index is 13.7. The number of nitrogens with zero attached hydrogens (tertiary/aromatic N) is 3. The lowest BCUT2D eigenvalue weighted by Gasteiger charge is -2.35. The number of benzene rings is 1. The molecule has 1 aliphatic heterocycles. The molecule has 1 aromatic carbocycles. The fourth-order valence-electron chi connectivity index (χ4n) is 5.37. The highest BCUT2D eigenvalue weighted by molar-refractivity contribution is 5.96. The predicted molar refractivity (Wildman–Crippen MR) is 137 cm³/mol. The summed E-state index contributed by atoms with van der Waals surface area (Å²) in [6.07, 6.45) is 10.3. The van der Waals surface area contributed by atoms with Crippen molar-refractivity contribution in [2.24, 2.45) is 18.9 Å². The molecule has 3 heterocycles. The number of nitrogens with one attached hydrogen (secondary N) is 3. The number of hydrogen-bond acceptors (Lipinski definition) is 4. The topological polar surface area (TPSA) is 87.7 Å². The minimum atomic E-state index is -0.0178. The van der Waals surface area contributed by atoms with Gasteiger partial charge in [-0.3, -0.25) is 15.2 Å². The summed E-state index contributed by atoms with van der Waals surface area (Å²) in [5.74, 6) is 1.23. The van der Waals surface area contributed by atoms with Crippen molar-refractivity contribution in [2.45, 2.75) is 58.2 Å². The molecule has 3 atom stereocenters. The first-order chi connectivity index (χ1) is 16.9. The number of carbonyl (C=O) groups is 1. The Bertz CT molecular complexity index is 1270. The van der Waals surface area contributed by atoms with Crippen LogP contribution < -0.4 is 16.3 Å². The molecule has 1 saturated carbocycles. The highest BCUT2D eigenvalue weighted by atomic mass is 16.1. The standard InChI is InChI=1S/C28H36N6O/c1-18-8-10-31-25(13-18)26(21-6-7-21)32-27(35)23-15-20(17-34-12-11-33(3)28(34)29)14-22(16-23)24-5-4-9-30-19(24)2/h4-5,9,11-12,14-16,18,21,25-26,29,31H,6-8,10,13,17H2,1-3H3,(H,32,35). The molecule has 0 spiro atoms. The van der Waals surface area contributed by atoms with Crippen molar-refractivity contribution in [2.75, 3.05) is 6.54 Å². The largest absolute Gasteiger partial charge is 0.347 e. The lowest BCUT2D eigenvalue weighted by molar-refractivity contribution is 0.0911. The summed E-state index contributed by atoms with van der Waals surface area (Å²) in [5, 5.41) is 15.4. The van der Waals surface area contributed by atoms with Crippen molar-refractivity contribution in [3.63, 3.8) is 0 Å². The Balaban J connectivity index is 1.47. The Morgan fingerprint density at radius 1 is 1.26 bits per heavy atom. The average Bonchev–Trinajstić information content (AvgIpc) is 3.64. The van der Waals surface area contributed by atoms with Crippen LogP contribution in [0.3, 0.4) is 0 Å². The van der Waals surface area contributed by atoms with E-state index in [-0.39, 0.29) is 11.9 Å². The third-order valence-electron chi connectivity index (χ3n) is 7.56. The first-order valence-electron chi connectivity index (χ1n) is 12.8. The monoisotopic (exact) mass is 472 g/mol. The van der Waals surface area contributed by atoms with Gasteiger partial charge in [-0.15, -0.1) is 0 Å². The Labute approximate surface area is 207 Å². The number of rotatable bonds is 7. The SMILES string of the molecule is Cc1ncccc1-c1cc(Cn2ccn(C)c2=N)cc(C(=O)NC(C2CC2)C2CC(C)CCN2)c1. The summed E-state index contributed by atoms with van der Waals surface area (Å²) in [6.45, 7) is 5.86. The van der Waals surface area contributed by atoms with Gasteiger partial charge in [0.25, 0.3) is 5.91 Å². The lowest BCUT2D eigenvalue weighted by Crippen LogP contribution is -2.54. The van der Waals surface area contributed by atoms with Crippen molar-refractivity contribution in [3.8, 4) is 11.1 Å². The van der Waals surface area contributed by atoms with Gasteiger partial charge in [-0.1, -0.05) is 13.0 Å². The Morgan fingerprint density at radius 3 is 2.77 bits per heavy atom. The predicted octanol–water partition coefficient (Wildman–Crippen LogP) is 3.62. The van der Waals surface area contributed by atoms with Crippen LogP contribution in [-0.2, 0) is 13.6 Å². The zero-order valence-electron chi connectivity index (χ0n) is 20.9. The third-order valence-corrected chi connectivity index (χ3v) is 7.56. The van der Waals surface area contributed by atoms with Gasteiger partial charge in [-0.25, -0.2) is 0 Å². The number of hydrogen-bond donors (Lipinski definition) is 3. The van der Waals surface area contributed by atoms with Crippen LogP contribution in [0.25, 0.3) is 11.1 Å². The second kappa shape index (κ2) is 9.82. The molecule has 3 N–H and O–H groups in total. The quantitative estimate of drug-likeness (QED) is 0.491. The van der Waals surface area contributed by atoms with E-state index in [2.05, 4.69) is 34.7 Å². The van der Waals surface area contributed by atoms with E-state index >= 15 is 0 Å². The van der Waals surface area contributed by atoms with Gasteiger partial charge in [0.2, 0.25) is 5.62 Å².